The Morgan fingerprint density at radius 2 is 2.33 bits per heavy atom. The molecule has 1 N–H and O–H groups in total. The summed E-state index contributed by atoms with van der Waals surface area (Å²) in [6.07, 6.45) is 1.64. The van der Waals surface area contributed by atoms with Crippen LogP contribution in [0.5, 0.6) is 0 Å². The van der Waals surface area contributed by atoms with Gasteiger partial charge < -0.3 is 5.32 Å². The molecule has 0 saturated carbocycles. The van der Waals surface area contributed by atoms with Crippen molar-refractivity contribution in [2.45, 2.75) is 13.8 Å². The summed E-state index contributed by atoms with van der Waals surface area (Å²) < 4.78 is 0.946. The molecule has 1 heterocycles. The van der Waals surface area contributed by atoms with Crippen molar-refractivity contribution in [2.24, 2.45) is 0 Å². The number of carbonyl (C=O) groups is 1. The Morgan fingerprint density at radius 3 is 2.92 bits per heavy atom. The number of carbonyl (C=O) groups excluding carboxylic acids is 1. The van der Waals surface area contributed by atoms with Crippen molar-refractivity contribution in [3.8, 4) is 0 Å². The number of anilines is 1. The molecule has 0 aliphatic carbocycles. The fourth-order valence-electron chi connectivity index (χ4n) is 0.805. The minimum Gasteiger partial charge on any atom is -0.311 e. The molecule has 0 bridgehead atoms. The number of nitrogens with one attached hydrogen (secondary N) is 1. The Bertz CT molecular complexity index is 312. The van der Waals surface area contributed by atoms with Gasteiger partial charge in [0.25, 0.3) is 0 Å². The first-order chi connectivity index (χ1) is 5.61. The van der Waals surface area contributed by atoms with Crippen LogP contribution in [0.1, 0.15) is 12.5 Å². The number of rotatable bonds is 1. The molecule has 4 heteroatoms. The fraction of sp³-hybridized carbons (Fsp3) is 0.250. The number of hydrogen-bond donors (Lipinski definition) is 1. The van der Waals surface area contributed by atoms with Gasteiger partial charge in [-0.3, -0.25) is 4.79 Å². The fourth-order valence-corrected chi connectivity index (χ4v) is 1.11. The molecule has 0 aliphatic rings. The molecule has 0 unspecified atom stereocenters. The molecular formula is C8H9BrN2O. The van der Waals surface area contributed by atoms with Crippen LogP contribution in [-0.4, -0.2) is 10.9 Å². The third-order valence-corrected chi connectivity index (χ3v) is 2.29. The summed E-state index contributed by atoms with van der Waals surface area (Å²) in [4.78, 5) is 14.7. The van der Waals surface area contributed by atoms with E-state index in [0.717, 1.165) is 10.0 Å². The predicted molar refractivity (Wildman–Crippen MR) is 51.0 cm³/mol. The monoisotopic (exact) mass is 228 g/mol. The maximum absolute atomic E-state index is 10.7. The van der Waals surface area contributed by atoms with Crippen LogP contribution in [0.4, 0.5) is 5.82 Å². The summed E-state index contributed by atoms with van der Waals surface area (Å²) in [6.45, 7) is 3.35. The molecule has 0 aliphatic heterocycles. The normalized spacial score (nSPS) is 9.58. The van der Waals surface area contributed by atoms with Crippen LogP contribution >= 0.6 is 15.9 Å². The van der Waals surface area contributed by atoms with Crippen molar-refractivity contribution in [3.05, 3.63) is 22.3 Å². The lowest BCUT2D eigenvalue weighted by atomic mass is 10.3. The van der Waals surface area contributed by atoms with E-state index in [1.807, 2.05) is 13.0 Å². The first kappa shape index (κ1) is 9.19. The van der Waals surface area contributed by atoms with Gasteiger partial charge in [0.05, 0.1) is 0 Å². The highest BCUT2D eigenvalue weighted by Crippen LogP contribution is 2.20. The second-order valence-corrected chi connectivity index (χ2v) is 3.30. The van der Waals surface area contributed by atoms with Crippen LogP contribution in [0.15, 0.2) is 16.7 Å². The average molecular weight is 229 g/mol. The zero-order valence-electron chi connectivity index (χ0n) is 6.89. The molecule has 0 atom stereocenters. The van der Waals surface area contributed by atoms with Crippen molar-refractivity contribution in [1.82, 2.24) is 4.98 Å². The summed E-state index contributed by atoms with van der Waals surface area (Å²) >= 11 is 3.34. The van der Waals surface area contributed by atoms with Gasteiger partial charge in [-0.2, -0.15) is 0 Å². The quantitative estimate of drug-likeness (QED) is 0.801. The highest BCUT2D eigenvalue weighted by Gasteiger charge is 2.03. The van der Waals surface area contributed by atoms with Gasteiger partial charge >= 0.3 is 0 Å². The second kappa shape index (κ2) is 3.67. The minimum atomic E-state index is -0.108. The number of pyridine rings is 1. The van der Waals surface area contributed by atoms with Crippen molar-refractivity contribution in [1.29, 1.82) is 0 Å². The first-order valence-corrected chi connectivity index (χ1v) is 4.29. The molecule has 1 amide bonds. The summed E-state index contributed by atoms with van der Waals surface area (Å²) in [5.74, 6) is 0.501. The third-order valence-electron chi connectivity index (χ3n) is 1.43. The molecule has 0 spiro atoms. The topological polar surface area (TPSA) is 42.0 Å². The zero-order chi connectivity index (χ0) is 9.14. The number of amides is 1. The summed E-state index contributed by atoms with van der Waals surface area (Å²) in [5, 5.41) is 2.63. The molecule has 1 aromatic rings. The van der Waals surface area contributed by atoms with E-state index < -0.39 is 0 Å². The van der Waals surface area contributed by atoms with E-state index in [0.29, 0.717) is 5.82 Å². The van der Waals surface area contributed by atoms with Crippen molar-refractivity contribution in [2.75, 3.05) is 5.32 Å². The van der Waals surface area contributed by atoms with Gasteiger partial charge in [-0.15, -0.1) is 0 Å². The minimum absolute atomic E-state index is 0.108. The van der Waals surface area contributed by atoms with Gasteiger partial charge in [-0.1, -0.05) is 15.9 Å². The Kier molecular flexibility index (Phi) is 2.81. The summed E-state index contributed by atoms with van der Waals surface area (Å²) in [5.41, 5.74) is 0.938. The average Bonchev–Trinajstić information content (AvgIpc) is 1.98. The summed E-state index contributed by atoms with van der Waals surface area (Å²) in [7, 11) is 0. The van der Waals surface area contributed by atoms with Gasteiger partial charge in [0.2, 0.25) is 5.91 Å². The maximum Gasteiger partial charge on any atom is 0.222 e. The Labute approximate surface area is 79.3 Å². The standard InChI is InChI=1S/C8H9BrN2O/c1-5-7(9)3-4-10-8(5)11-6(2)12/h3-4H,1-2H3,(H,10,11,12). The molecule has 1 aromatic heterocycles. The van der Waals surface area contributed by atoms with E-state index in [9.17, 15) is 4.79 Å². The maximum atomic E-state index is 10.7. The predicted octanol–water partition coefficient (Wildman–Crippen LogP) is 2.11. The first-order valence-electron chi connectivity index (χ1n) is 3.50. The van der Waals surface area contributed by atoms with E-state index >= 15 is 0 Å². The van der Waals surface area contributed by atoms with Gasteiger partial charge in [0, 0.05) is 23.2 Å². The van der Waals surface area contributed by atoms with Crippen LogP contribution in [0.2, 0.25) is 0 Å². The molecular weight excluding hydrogens is 220 g/mol. The van der Waals surface area contributed by atoms with E-state index in [-0.39, 0.29) is 5.91 Å². The van der Waals surface area contributed by atoms with E-state index in [2.05, 4.69) is 26.2 Å². The van der Waals surface area contributed by atoms with Gasteiger partial charge in [0.1, 0.15) is 5.82 Å². The molecule has 0 aromatic carbocycles. The van der Waals surface area contributed by atoms with E-state index in [1.54, 1.807) is 6.20 Å². The van der Waals surface area contributed by atoms with Crippen LogP contribution in [0.3, 0.4) is 0 Å². The van der Waals surface area contributed by atoms with E-state index in [4.69, 9.17) is 0 Å². The SMILES string of the molecule is CC(=O)Nc1nccc(Br)c1C. The lowest BCUT2D eigenvalue weighted by Crippen LogP contribution is -2.08. The highest BCUT2D eigenvalue weighted by molar-refractivity contribution is 9.10. The lowest BCUT2D eigenvalue weighted by Gasteiger charge is -2.05. The van der Waals surface area contributed by atoms with Crippen LogP contribution in [0.25, 0.3) is 0 Å². The Morgan fingerprint density at radius 1 is 1.67 bits per heavy atom. The highest BCUT2D eigenvalue weighted by atomic mass is 79.9. The number of hydrogen-bond acceptors (Lipinski definition) is 2. The molecule has 64 valence electrons. The van der Waals surface area contributed by atoms with Gasteiger partial charge in [-0.05, 0) is 13.0 Å². The summed E-state index contributed by atoms with van der Waals surface area (Å²) in [6, 6.07) is 1.83. The second-order valence-electron chi connectivity index (χ2n) is 2.45. The number of aromatic nitrogens is 1. The molecule has 12 heavy (non-hydrogen) atoms. The molecule has 0 saturated heterocycles. The largest absolute Gasteiger partial charge is 0.311 e. The zero-order valence-corrected chi connectivity index (χ0v) is 8.47. The van der Waals surface area contributed by atoms with E-state index in [1.165, 1.54) is 6.92 Å². The van der Waals surface area contributed by atoms with Crippen LogP contribution in [-0.2, 0) is 4.79 Å². The smallest absolute Gasteiger partial charge is 0.222 e. The van der Waals surface area contributed by atoms with Crippen molar-refractivity contribution < 1.29 is 4.79 Å². The Hall–Kier alpha value is -0.900. The molecule has 0 radical (unpaired) electrons. The van der Waals surface area contributed by atoms with Gasteiger partial charge in [0.15, 0.2) is 0 Å². The van der Waals surface area contributed by atoms with Crippen LogP contribution < -0.4 is 5.32 Å². The molecule has 3 nitrogen and oxygen atoms in total. The lowest BCUT2D eigenvalue weighted by molar-refractivity contribution is -0.114. The van der Waals surface area contributed by atoms with Crippen molar-refractivity contribution >= 4 is 27.7 Å². The molecule has 1 rings (SSSR count). The molecule has 0 fully saturated rings. The van der Waals surface area contributed by atoms with Gasteiger partial charge in [-0.25, -0.2) is 4.98 Å². The number of halogens is 1. The number of nitrogens with zero attached hydrogens (tertiary/aromatic N) is 1. The van der Waals surface area contributed by atoms with Crippen molar-refractivity contribution in [3.63, 3.8) is 0 Å². The van der Waals surface area contributed by atoms with Crippen LogP contribution in [0, 0.1) is 6.92 Å². The Balaban J connectivity index is 3.00. The third kappa shape index (κ3) is 2.04.